The van der Waals surface area contributed by atoms with E-state index in [1.807, 2.05) is 33.0 Å². The van der Waals surface area contributed by atoms with Crippen molar-refractivity contribution in [2.45, 2.75) is 20.8 Å². The summed E-state index contributed by atoms with van der Waals surface area (Å²) in [7, 11) is 0. The molecule has 0 bridgehead atoms. The molecule has 2 nitrogen and oxygen atoms in total. The minimum absolute atomic E-state index is 0.733. The molecule has 13 heavy (non-hydrogen) atoms. The van der Waals surface area contributed by atoms with Gasteiger partial charge in [0.1, 0.15) is 5.65 Å². The van der Waals surface area contributed by atoms with E-state index in [1.165, 1.54) is 0 Å². The Morgan fingerprint density at radius 1 is 1.38 bits per heavy atom. The molecule has 70 valence electrons. The van der Waals surface area contributed by atoms with E-state index in [2.05, 4.69) is 9.97 Å². The number of hydrogen-bond acceptors (Lipinski definition) is 1. The largest absolute Gasteiger partial charge is 0.345 e. The van der Waals surface area contributed by atoms with Crippen molar-refractivity contribution in [3.63, 3.8) is 0 Å². The van der Waals surface area contributed by atoms with Crippen molar-refractivity contribution >= 4 is 22.6 Å². The van der Waals surface area contributed by atoms with Gasteiger partial charge in [-0.1, -0.05) is 25.4 Å². The maximum atomic E-state index is 5.87. The standard InChI is InChI=1S/C8H7ClN2.C2H6/c1-5-2-6-7(9)4-11-8(6)10-3-5;1-2/h2-4H,1H3,(H,10,11);1-2H3. The summed E-state index contributed by atoms with van der Waals surface area (Å²) >= 11 is 5.87. The van der Waals surface area contributed by atoms with Gasteiger partial charge in [0.25, 0.3) is 0 Å². The Balaban J connectivity index is 0.000000396. The summed E-state index contributed by atoms with van der Waals surface area (Å²) < 4.78 is 0. The second-order valence-corrected chi connectivity index (χ2v) is 2.95. The molecule has 1 N–H and O–H groups in total. The summed E-state index contributed by atoms with van der Waals surface area (Å²) in [6.45, 7) is 6.00. The number of aryl methyl sites for hydroxylation is 1. The SMILES string of the molecule is CC.Cc1cnc2[nH]cc(Cl)c2c1. The summed E-state index contributed by atoms with van der Waals surface area (Å²) in [5, 5.41) is 1.72. The molecule has 0 saturated carbocycles. The van der Waals surface area contributed by atoms with Crippen molar-refractivity contribution in [3.05, 3.63) is 29.0 Å². The third kappa shape index (κ3) is 2.01. The van der Waals surface area contributed by atoms with Gasteiger partial charge in [-0.05, 0) is 18.6 Å². The van der Waals surface area contributed by atoms with Gasteiger partial charge >= 0.3 is 0 Å². The molecule has 0 atom stereocenters. The van der Waals surface area contributed by atoms with Crippen molar-refractivity contribution in [2.75, 3.05) is 0 Å². The first-order chi connectivity index (χ1) is 6.27. The van der Waals surface area contributed by atoms with Crippen LogP contribution in [-0.4, -0.2) is 9.97 Å². The Bertz CT molecular complexity index is 393. The third-order valence-electron chi connectivity index (χ3n) is 1.62. The number of halogens is 1. The fourth-order valence-electron chi connectivity index (χ4n) is 1.08. The van der Waals surface area contributed by atoms with Crippen LogP contribution in [0.25, 0.3) is 11.0 Å². The molecule has 0 aliphatic heterocycles. The first-order valence-corrected chi connectivity index (χ1v) is 4.74. The number of fused-ring (bicyclic) bond motifs is 1. The quantitative estimate of drug-likeness (QED) is 0.686. The number of aromatic amines is 1. The van der Waals surface area contributed by atoms with Crippen LogP contribution in [0.4, 0.5) is 0 Å². The normalized spacial score (nSPS) is 9.54. The van der Waals surface area contributed by atoms with E-state index in [0.29, 0.717) is 0 Å². The van der Waals surface area contributed by atoms with E-state index in [0.717, 1.165) is 21.6 Å². The zero-order valence-electron chi connectivity index (χ0n) is 8.06. The lowest BCUT2D eigenvalue weighted by Gasteiger charge is -1.91. The Labute approximate surface area is 82.9 Å². The van der Waals surface area contributed by atoms with Crippen LogP contribution in [0, 0.1) is 6.92 Å². The number of hydrogen-bond donors (Lipinski definition) is 1. The van der Waals surface area contributed by atoms with E-state index >= 15 is 0 Å². The molecule has 2 aromatic heterocycles. The number of H-pyrrole nitrogens is 1. The van der Waals surface area contributed by atoms with Crippen LogP contribution in [0.2, 0.25) is 5.02 Å². The van der Waals surface area contributed by atoms with Gasteiger partial charge < -0.3 is 4.98 Å². The van der Waals surface area contributed by atoms with Gasteiger partial charge in [0, 0.05) is 17.8 Å². The van der Waals surface area contributed by atoms with E-state index in [4.69, 9.17) is 11.6 Å². The topological polar surface area (TPSA) is 28.7 Å². The molecule has 0 saturated heterocycles. The maximum Gasteiger partial charge on any atom is 0.138 e. The second kappa shape index (κ2) is 4.28. The predicted octanol–water partition coefficient (Wildman–Crippen LogP) is 3.55. The number of aromatic nitrogens is 2. The molecule has 0 aromatic carbocycles. The molecule has 3 heteroatoms. The molecule has 2 aromatic rings. The zero-order chi connectivity index (χ0) is 9.84. The maximum absolute atomic E-state index is 5.87. The van der Waals surface area contributed by atoms with Crippen molar-refractivity contribution < 1.29 is 0 Å². The van der Waals surface area contributed by atoms with Gasteiger partial charge in [-0.3, -0.25) is 0 Å². The molecule has 2 rings (SSSR count). The highest BCUT2D eigenvalue weighted by atomic mass is 35.5. The lowest BCUT2D eigenvalue weighted by molar-refractivity contribution is 1.29. The van der Waals surface area contributed by atoms with Gasteiger partial charge in [0.05, 0.1) is 5.02 Å². The van der Waals surface area contributed by atoms with E-state index in [-0.39, 0.29) is 0 Å². The molecule has 0 aliphatic rings. The molecule has 0 radical (unpaired) electrons. The lowest BCUT2D eigenvalue weighted by atomic mass is 10.2. The molecule has 0 aliphatic carbocycles. The van der Waals surface area contributed by atoms with Crippen LogP contribution in [0.15, 0.2) is 18.5 Å². The van der Waals surface area contributed by atoms with Crippen LogP contribution in [0.3, 0.4) is 0 Å². The molecule has 2 heterocycles. The number of pyridine rings is 1. The second-order valence-electron chi connectivity index (χ2n) is 2.55. The Morgan fingerprint density at radius 2 is 2.08 bits per heavy atom. The zero-order valence-corrected chi connectivity index (χ0v) is 8.81. The molecule has 0 unspecified atom stereocenters. The molecule has 0 amide bonds. The predicted molar refractivity (Wildman–Crippen MR) is 57.2 cm³/mol. The average molecular weight is 197 g/mol. The number of rotatable bonds is 0. The molecular formula is C10H13ClN2. The number of nitrogens with one attached hydrogen (secondary N) is 1. The highest BCUT2D eigenvalue weighted by Gasteiger charge is 2.00. The molecular weight excluding hydrogens is 184 g/mol. The van der Waals surface area contributed by atoms with Crippen LogP contribution >= 0.6 is 11.6 Å². The summed E-state index contributed by atoms with van der Waals surface area (Å²) in [6, 6.07) is 2.02. The van der Waals surface area contributed by atoms with Crippen LogP contribution < -0.4 is 0 Å². The minimum atomic E-state index is 0.733. The summed E-state index contributed by atoms with van der Waals surface area (Å²) in [4.78, 5) is 7.13. The van der Waals surface area contributed by atoms with Crippen LogP contribution in [0.1, 0.15) is 19.4 Å². The Kier molecular flexibility index (Phi) is 3.32. The lowest BCUT2D eigenvalue weighted by Crippen LogP contribution is -1.77. The van der Waals surface area contributed by atoms with Gasteiger partial charge in [0.15, 0.2) is 0 Å². The van der Waals surface area contributed by atoms with Crippen molar-refractivity contribution in [3.8, 4) is 0 Å². The molecule has 0 fully saturated rings. The van der Waals surface area contributed by atoms with E-state index in [9.17, 15) is 0 Å². The van der Waals surface area contributed by atoms with Crippen molar-refractivity contribution in [1.82, 2.24) is 9.97 Å². The molecule has 0 spiro atoms. The summed E-state index contributed by atoms with van der Waals surface area (Å²) in [5.41, 5.74) is 1.97. The third-order valence-corrected chi connectivity index (χ3v) is 1.93. The minimum Gasteiger partial charge on any atom is -0.345 e. The Hall–Kier alpha value is -1.02. The van der Waals surface area contributed by atoms with Gasteiger partial charge in [-0.25, -0.2) is 4.98 Å². The van der Waals surface area contributed by atoms with Crippen LogP contribution in [0.5, 0.6) is 0 Å². The van der Waals surface area contributed by atoms with Crippen molar-refractivity contribution in [1.29, 1.82) is 0 Å². The summed E-state index contributed by atoms with van der Waals surface area (Å²) in [6.07, 6.45) is 3.56. The monoisotopic (exact) mass is 196 g/mol. The first kappa shape index (κ1) is 10.1. The van der Waals surface area contributed by atoms with E-state index < -0.39 is 0 Å². The Morgan fingerprint density at radius 3 is 2.77 bits per heavy atom. The summed E-state index contributed by atoms with van der Waals surface area (Å²) in [5.74, 6) is 0. The highest BCUT2D eigenvalue weighted by Crippen LogP contribution is 2.21. The number of nitrogens with zero attached hydrogens (tertiary/aromatic N) is 1. The first-order valence-electron chi connectivity index (χ1n) is 4.36. The average Bonchev–Trinajstić information content (AvgIpc) is 2.52. The van der Waals surface area contributed by atoms with Gasteiger partial charge in [0.2, 0.25) is 0 Å². The smallest absolute Gasteiger partial charge is 0.138 e. The van der Waals surface area contributed by atoms with Crippen molar-refractivity contribution in [2.24, 2.45) is 0 Å². The highest BCUT2D eigenvalue weighted by molar-refractivity contribution is 6.35. The van der Waals surface area contributed by atoms with E-state index in [1.54, 1.807) is 6.20 Å². The van der Waals surface area contributed by atoms with Crippen LogP contribution in [-0.2, 0) is 0 Å². The fourth-order valence-corrected chi connectivity index (χ4v) is 1.27. The van der Waals surface area contributed by atoms with Gasteiger partial charge in [-0.2, -0.15) is 0 Å². The fraction of sp³-hybridized carbons (Fsp3) is 0.300. The van der Waals surface area contributed by atoms with Gasteiger partial charge in [-0.15, -0.1) is 0 Å².